The standard InChI is InChI=1S/C28H21F3N8O2/c1-28(2,15-32)16-37(22-4-3-11-38-23(22)8-10-34-38)24-13-19(30)21(12-20(24)31)36-26(40)18-7-9-35-39(27(18)41)25-6-5-17(29)14-33-25/h3-14H,16H2,1-2H3,(H,36,40). The number of nitrogens with zero attached hydrogens (tertiary/aromatic N) is 7. The van der Waals surface area contributed by atoms with Crippen LogP contribution in [0.3, 0.4) is 0 Å². The molecule has 0 atom stereocenters. The van der Waals surface area contributed by atoms with Crippen molar-refractivity contribution in [3.8, 4) is 11.9 Å². The lowest BCUT2D eigenvalue weighted by molar-refractivity contribution is 0.102. The molecule has 0 aliphatic carbocycles. The first-order valence-corrected chi connectivity index (χ1v) is 12.2. The van der Waals surface area contributed by atoms with Crippen molar-refractivity contribution in [1.29, 1.82) is 5.26 Å². The highest BCUT2D eigenvalue weighted by atomic mass is 19.1. The number of nitriles is 1. The summed E-state index contributed by atoms with van der Waals surface area (Å²) in [4.78, 5) is 31.1. The number of nitrogens with one attached hydrogen (secondary N) is 1. The van der Waals surface area contributed by atoms with Crippen LogP contribution in [0.15, 0.2) is 78.1 Å². The molecule has 5 rings (SSSR count). The fourth-order valence-corrected chi connectivity index (χ4v) is 4.17. The largest absolute Gasteiger partial charge is 0.336 e. The molecule has 0 radical (unpaired) electrons. The first-order valence-electron chi connectivity index (χ1n) is 12.2. The van der Waals surface area contributed by atoms with Gasteiger partial charge in [0.1, 0.15) is 23.0 Å². The van der Waals surface area contributed by atoms with E-state index in [9.17, 15) is 19.2 Å². The number of amides is 1. The zero-order valence-electron chi connectivity index (χ0n) is 21.7. The first-order chi connectivity index (χ1) is 19.6. The van der Waals surface area contributed by atoms with E-state index in [1.54, 1.807) is 49.0 Å². The molecule has 4 heterocycles. The molecule has 10 nitrogen and oxygen atoms in total. The Morgan fingerprint density at radius 3 is 2.56 bits per heavy atom. The number of fused-ring (bicyclic) bond motifs is 1. The molecule has 1 aromatic carbocycles. The summed E-state index contributed by atoms with van der Waals surface area (Å²) in [6.45, 7) is 3.34. The van der Waals surface area contributed by atoms with Gasteiger partial charge in [-0.2, -0.15) is 20.1 Å². The molecule has 1 N–H and O–H groups in total. The van der Waals surface area contributed by atoms with Crippen LogP contribution < -0.4 is 15.8 Å². The maximum atomic E-state index is 15.6. The van der Waals surface area contributed by atoms with Crippen LogP contribution in [-0.2, 0) is 0 Å². The van der Waals surface area contributed by atoms with Crippen molar-refractivity contribution in [2.75, 3.05) is 16.8 Å². The lowest BCUT2D eigenvalue weighted by Crippen LogP contribution is -2.31. The fraction of sp³-hybridized carbons (Fsp3) is 0.143. The molecule has 0 saturated heterocycles. The number of carbonyl (C=O) groups excluding carboxylic acids is 1. The summed E-state index contributed by atoms with van der Waals surface area (Å²) in [5, 5.41) is 19.9. The van der Waals surface area contributed by atoms with Gasteiger partial charge in [0.15, 0.2) is 5.82 Å². The van der Waals surface area contributed by atoms with E-state index in [1.807, 2.05) is 0 Å². The molecule has 13 heteroatoms. The Hall–Kier alpha value is -5.51. The van der Waals surface area contributed by atoms with E-state index >= 15 is 8.78 Å². The van der Waals surface area contributed by atoms with Crippen molar-refractivity contribution in [3.05, 3.63) is 107 Å². The average molecular weight is 559 g/mol. The van der Waals surface area contributed by atoms with Crippen molar-refractivity contribution in [2.45, 2.75) is 13.8 Å². The van der Waals surface area contributed by atoms with Crippen LogP contribution in [0.25, 0.3) is 11.3 Å². The second-order valence-electron chi connectivity index (χ2n) is 9.67. The molecule has 206 valence electrons. The lowest BCUT2D eigenvalue weighted by atomic mass is 9.94. The number of anilines is 3. The number of aromatic nitrogens is 5. The number of benzene rings is 1. The first kappa shape index (κ1) is 27.1. The van der Waals surface area contributed by atoms with Gasteiger partial charge >= 0.3 is 0 Å². The summed E-state index contributed by atoms with van der Waals surface area (Å²) in [5.74, 6) is -3.57. The minimum absolute atomic E-state index is 0.00436. The van der Waals surface area contributed by atoms with Gasteiger partial charge in [-0.25, -0.2) is 22.7 Å². The van der Waals surface area contributed by atoms with E-state index in [0.717, 1.165) is 41.3 Å². The van der Waals surface area contributed by atoms with Crippen LogP contribution in [0.2, 0.25) is 0 Å². The molecule has 0 fully saturated rings. The number of carbonyl (C=O) groups is 1. The van der Waals surface area contributed by atoms with E-state index in [4.69, 9.17) is 0 Å². The third kappa shape index (κ3) is 5.35. The number of rotatable bonds is 7. The van der Waals surface area contributed by atoms with Gasteiger partial charge in [0, 0.05) is 31.1 Å². The highest BCUT2D eigenvalue weighted by Crippen LogP contribution is 2.36. The quantitative estimate of drug-likeness (QED) is 0.309. The molecule has 0 spiro atoms. The zero-order chi connectivity index (χ0) is 29.3. The van der Waals surface area contributed by atoms with Crippen LogP contribution in [0.1, 0.15) is 24.2 Å². The minimum Gasteiger partial charge on any atom is -0.336 e. The third-order valence-electron chi connectivity index (χ3n) is 6.16. The number of pyridine rings is 2. The molecule has 1 amide bonds. The SMILES string of the molecule is CC(C)(C#N)CN(c1cc(F)c(NC(=O)c2ccnn(-c3ccc(F)cn3)c2=O)cc1F)c1cccn2nccc12. The molecule has 5 aromatic rings. The summed E-state index contributed by atoms with van der Waals surface area (Å²) in [6.07, 6.45) is 5.28. The van der Waals surface area contributed by atoms with E-state index in [-0.39, 0.29) is 18.1 Å². The van der Waals surface area contributed by atoms with Gasteiger partial charge in [0.2, 0.25) is 0 Å². The zero-order valence-corrected chi connectivity index (χ0v) is 21.7. The van der Waals surface area contributed by atoms with Crippen LogP contribution in [0.4, 0.5) is 30.2 Å². The van der Waals surface area contributed by atoms with Crippen molar-refractivity contribution < 1.29 is 18.0 Å². The second-order valence-corrected chi connectivity index (χ2v) is 9.67. The summed E-state index contributed by atoms with van der Waals surface area (Å²) >= 11 is 0. The molecule has 41 heavy (non-hydrogen) atoms. The van der Waals surface area contributed by atoms with Crippen molar-refractivity contribution in [1.82, 2.24) is 24.4 Å². The number of halogens is 3. The molecular weight excluding hydrogens is 537 g/mol. The van der Waals surface area contributed by atoms with E-state index in [1.165, 1.54) is 11.0 Å². The molecule has 0 unspecified atom stereocenters. The summed E-state index contributed by atoms with van der Waals surface area (Å²) in [6, 6.07) is 12.3. The van der Waals surface area contributed by atoms with E-state index < -0.39 is 45.6 Å². The van der Waals surface area contributed by atoms with Crippen LogP contribution in [0.5, 0.6) is 0 Å². The maximum absolute atomic E-state index is 15.6. The Balaban J connectivity index is 1.50. The summed E-state index contributed by atoms with van der Waals surface area (Å²) in [5.41, 5.74) is -1.89. The Morgan fingerprint density at radius 2 is 1.83 bits per heavy atom. The van der Waals surface area contributed by atoms with Gasteiger partial charge in [0.05, 0.1) is 46.5 Å². The summed E-state index contributed by atoms with van der Waals surface area (Å²) in [7, 11) is 0. The van der Waals surface area contributed by atoms with Crippen molar-refractivity contribution in [3.63, 3.8) is 0 Å². The average Bonchev–Trinajstić information content (AvgIpc) is 3.44. The fourth-order valence-electron chi connectivity index (χ4n) is 4.17. The molecule has 0 bridgehead atoms. The Morgan fingerprint density at radius 1 is 1.05 bits per heavy atom. The Labute approximate surface area is 230 Å². The van der Waals surface area contributed by atoms with Crippen molar-refractivity contribution >= 4 is 28.5 Å². The highest BCUT2D eigenvalue weighted by molar-refractivity contribution is 6.04. The van der Waals surface area contributed by atoms with Gasteiger partial charge in [-0.1, -0.05) is 0 Å². The highest BCUT2D eigenvalue weighted by Gasteiger charge is 2.27. The van der Waals surface area contributed by atoms with Crippen LogP contribution in [0, 0.1) is 34.2 Å². The molecule has 0 aliphatic heterocycles. The smallest absolute Gasteiger partial charge is 0.285 e. The molecule has 4 aromatic heterocycles. The van der Waals surface area contributed by atoms with Crippen LogP contribution >= 0.6 is 0 Å². The molecule has 0 saturated carbocycles. The van der Waals surface area contributed by atoms with Gasteiger partial charge in [-0.05, 0) is 50.2 Å². The normalized spacial score (nSPS) is 11.3. The van der Waals surface area contributed by atoms with Crippen molar-refractivity contribution in [2.24, 2.45) is 5.41 Å². The van der Waals surface area contributed by atoms with Gasteiger partial charge in [0.25, 0.3) is 11.5 Å². The van der Waals surface area contributed by atoms with Gasteiger partial charge in [-0.3, -0.25) is 9.59 Å². The summed E-state index contributed by atoms with van der Waals surface area (Å²) < 4.78 is 46.6. The van der Waals surface area contributed by atoms with Crippen LogP contribution in [-0.4, -0.2) is 36.8 Å². The lowest BCUT2D eigenvalue weighted by Gasteiger charge is -2.31. The Bertz CT molecular complexity index is 1880. The predicted octanol–water partition coefficient (Wildman–Crippen LogP) is 4.63. The third-order valence-corrected chi connectivity index (χ3v) is 6.16. The topological polar surface area (TPSA) is 121 Å². The minimum atomic E-state index is -1.02. The molecular formula is C28H21F3N8O2. The second kappa shape index (κ2) is 10.6. The van der Waals surface area contributed by atoms with E-state index in [2.05, 4.69) is 26.6 Å². The monoisotopic (exact) mass is 558 g/mol. The Kier molecular flexibility index (Phi) is 6.98. The predicted molar refractivity (Wildman–Crippen MR) is 143 cm³/mol. The molecule has 0 aliphatic rings. The number of hydrogen-bond donors (Lipinski definition) is 1. The van der Waals surface area contributed by atoms with Gasteiger partial charge in [-0.15, -0.1) is 0 Å². The van der Waals surface area contributed by atoms with E-state index in [0.29, 0.717) is 11.2 Å². The number of hydrogen-bond acceptors (Lipinski definition) is 7. The van der Waals surface area contributed by atoms with Gasteiger partial charge < -0.3 is 10.2 Å². The maximum Gasteiger partial charge on any atom is 0.285 e.